The second kappa shape index (κ2) is 9.21. The number of hydrogen-bond donors (Lipinski definition) is 1. The SMILES string of the molecule is O=C1CNCCN1c1ccc(OCc2ccccc2)nc1OCc1ccccc1. The molecule has 0 aliphatic carbocycles. The molecule has 2 heterocycles. The van der Waals surface area contributed by atoms with Crippen LogP contribution in [0.5, 0.6) is 11.8 Å². The topological polar surface area (TPSA) is 63.7 Å². The highest BCUT2D eigenvalue weighted by Crippen LogP contribution is 2.30. The largest absolute Gasteiger partial charge is 0.473 e. The van der Waals surface area contributed by atoms with E-state index in [1.54, 1.807) is 11.0 Å². The monoisotopic (exact) mass is 389 g/mol. The molecular weight excluding hydrogens is 366 g/mol. The highest BCUT2D eigenvalue weighted by atomic mass is 16.5. The molecule has 0 unspecified atom stereocenters. The van der Waals surface area contributed by atoms with Crippen LogP contribution in [0.4, 0.5) is 5.69 Å². The summed E-state index contributed by atoms with van der Waals surface area (Å²) < 4.78 is 11.9. The Bertz CT molecular complexity index is 948. The normalized spacial score (nSPS) is 13.9. The fourth-order valence-corrected chi connectivity index (χ4v) is 3.13. The standard InChI is InChI=1S/C23H23N3O3/c27-22-15-24-13-14-26(22)20-11-12-21(28-16-18-7-3-1-4-8-18)25-23(20)29-17-19-9-5-2-6-10-19/h1-12,24H,13-17H2. The van der Waals surface area contributed by atoms with Crippen LogP contribution < -0.4 is 19.7 Å². The van der Waals surface area contributed by atoms with Crippen LogP contribution in [0.2, 0.25) is 0 Å². The average molecular weight is 389 g/mol. The number of aromatic nitrogens is 1. The highest BCUT2D eigenvalue weighted by molar-refractivity contribution is 5.96. The zero-order chi connectivity index (χ0) is 19.9. The fraction of sp³-hybridized carbons (Fsp3) is 0.217. The molecule has 1 N–H and O–H groups in total. The highest BCUT2D eigenvalue weighted by Gasteiger charge is 2.24. The number of benzene rings is 2. The summed E-state index contributed by atoms with van der Waals surface area (Å²) in [5.41, 5.74) is 2.75. The van der Waals surface area contributed by atoms with Crippen molar-refractivity contribution in [3.05, 3.63) is 83.9 Å². The van der Waals surface area contributed by atoms with Gasteiger partial charge in [0.2, 0.25) is 17.7 Å². The molecule has 1 fully saturated rings. The summed E-state index contributed by atoms with van der Waals surface area (Å²) in [6.45, 7) is 2.40. The summed E-state index contributed by atoms with van der Waals surface area (Å²) >= 11 is 0. The Balaban J connectivity index is 1.55. The number of carbonyl (C=O) groups excluding carboxylic acids is 1. The minimum absolute atomic E-state index is 0.000523. The molecule has 0 spiro atoms. The molecule has 1 amide bonds. The van der Waals surface area contributed by atoms with E-state index in [2.05, 4.69) is 10.3 Å². The maximum Gasteiger partial charge on any atom is 0.241 e. The lowest BCUT2D eigenvalue weighted by molar-refractivity contribution is -0.118. The van der Waals surface area contributed by atoms with Crippen molar-refractivity contribution in [2.45, 2.75) is 13.2 Å². The molecule has 29 heavy (non-hydrogen) atoms. The van der Waals surface area contributed by atoms with Gasteiger partial charge in [-0.3, -0.25) is 4.79 Å². The quantitative estimate of drug-likeness (QED) is 0.672. The van der Waals surface area contributed by atoms with Gasteiger partial charge in [-0.2, -0.15) is 4.98 Å². The molecule has 1 aliphatic heterocycles. The van der Waals surface area contributed by atoms with Crippen LogP contribution in [-0.4, -0.2) is 30.5 Å². The Morgan fingerprint density at radius 1 is 0.862 bits per heavy atom. The van der Waals surface area contributed by atoms with E-state index in [0.29, 0.717) is 43.8 Å². The fourth-order valence-electron chi connectivity index (χ4n) is 3.13. The number of nitrogens with one attached hydrogen (secondary N) is 1. The number of pyridine rings is 1. The number of piperazine rings is 1. The molecule has 1 saturated heterocycles. The number of amides is 1. The molecule has 6 heteroatoms. The van der Waals surface area contributed by atoms with Gasteiger partial charge >= 0.3 is 0 Å². The molecule has 1 aromatic heterocycles. The average Bonchev–Trinajstić information content (AvgIpc) is 2.78. The second-order valence-corrected chi connectivity index (χ2v) is 6.74. The predicted molar refractivity (Wildman–Crippen MR) is 111 cm³/mol. The van der Waals surface area contributed by atoms with Crippen LogP contribution in [-0.2, 0) is 18.0 Å². The van der Waals surface area contributed by atoms with Crippen LogP contribution in [0.3, 0.4) is 0 Å². The Morgan fingerprint density at radius 2 is 1.52 bits per heavy atom. The minimum Gasteiger partial charge on any atom is -0.473 e. The number of hydrogen-bond acceptors (Lipinski definition) is 5. The van der Waals surface area contributed by atoms with E-state index in [0.717, 1.165) is 17.7 Å². The lowest BCUT2D eigenvalue weighted by atomic mass is 10.2. The van der Waals surface area contributed by atoms with Crippen molar-refractivity contribution in [3.63, 3.8) is 0 Å². The van der Waals surface area contributed by atoms with E-state index in [4.69, 9.17) is 9.47 Å². The molecule has 0 radical (unpaired) electrons. The third-order valence-corrected chi connectivity index (χ3v) is 4.64. The Kier molecular flexibility index (Phi) is 6.02. The lowest BCUT2D eigenvalue weighted by Gasteiger charge is -2.28. The zero-order valence-electron chi connectivity index (χ0n) is 16.1. The first-order valence-electron chi connectivity index (χ1n) is 9.65. The van der Waals surface area contributed by atoms with Gasteiger partial charge in [0.1, 0.15) is 18.9 Å². The number of ether oxygens (including phenoxy) is 2. The molecule has 6 nitrogen and oxygen atoms in total. The zero-order valence-corrected chi connectivity index (χ0v) is 16.1. The lowest BCUT2D eigenvalue weighted by Crippen LogP contribution is -2.48. The molecule has 1 aliphatic rings. The van der Waals surface area contributed by atoms with E-state index < -0.39 is 0 Å². The van der Waals surface area contributed by atoms with Crippen molar-refractivity contribution >= 4 is 11.6 Å². The van der Waals surface area contributed by atoms with Gasteiger partial charge in [0.05, 0.1) is 6.54 Å². The van der Waals surface area contributed by atoms with Crippen LogP contribution in [0.15, 0.2) is 72.8 Å². The van der Waals surface area contributed by atoms with Gasteiger partial charge in [0, 0.05) is 19.2 Å². The van der Waals surface area contributed by atoms with Crippen molar-refractivity contribution in [1.82, 2.24) is 10.3 Å². The van der Waals surface area contributed by atoms with E-state index in [9.17, 15) is 4.79 Å². The van der Waals surface area contributed by atoms with Crippen LogP contribution in [0.25, 0.3) is 0 Å². The predicted octanol–water partition coefficient (Wildman–Crippen LogP) is 3.18. The number of rotatable bonds is 7. The van der Waals surface area contributed by atoms with Gasteiger partial charge in [0.15, 0.2) is 0 Å². The number of nitrogens with zero attached hydrogens (tertiary/aromatic N) is 2. The van der Waals surface area contributed by atoms with E-state index in [-0.39, 0.29) is 5.91 Å². The van der Waals surface area contributed by atoms with Crippen LogP contribution >= 0.6 is 0 Å². The Hall–Kier alpha value is -3.38. The Morgan fingerprint density at radius 3 is 2.17 bits per heavy atom. The first kappa shape index (κ1) is 19.0. The first-order valence-corrected chi connectivity index (χ1v) is 9.65. The van der Waals surface area contributed by atoms with Crippen LogP contribution in [0, 0.1) is 0 Å². The summed E-state index contributed by atoms with van der Waals surface area (Å²) in [5, 5.41) is 3.08. The van der Waals surface area contributed by atoms with Gasteiger partial charge in [-0.1, -0.05) is 60.7 Å². The van der Waals surface area contributed by atoms with Gasteiger partial charge in [-0.15, -0.1) is 0 Å². The van der Waals surface area contributed by atoms with Crippen LogP contribution in [0.1, 0.15) is 11.1 Å². The minimum atomic E-state index is 0.000523. The van der Waals surface area contributed by atoms with Gasteiger partial charge in [-0.05, 0) is 17.2 Å². The smallest absolute Gasteiger partial charge is 0.241 e. The second-order valence-electron chi connectivity index (χ2n) is 6.74. The summed E-state index contributed by atoms with van der Waals surface area (Å²) in [6.07, 6.45) is 0. The van der Waals surface area contributed by atoms with Gasteiger partial charge in [-0.25, -0.2) is 0 Å². The molecule has 148 valence electrons. The summed E-state index contributed by atoms with van der Waals surface area (Å²) in [4.78, 5) is 18.6. The maximum absolute atomic E-state index is 12.4. The van der Waals surface area contributed by atoms with Crippen molar-refractivity contribution < 1.29 is 14.3 Å². The third-order valence-electron chi connectivity index (χ3n) is 4.64. The third kappa shape index (κ3) is 4.92. The number of anilines is 1. The molecule has 0 bridgehead atoms. The summed E-state index contributed by atoms with van der Waals surface area (Å²) in [7, 11) is 0. The van der Waals surface area contributed by atoms with Crippen molar-refractivity contribution in [2.24, 2.45) is 0 Å². The summed E-state index contributed by atoms with van der Waals surface area (Å²) in [6, 6.07) is 23.4. The molecule has 3 aromatic rings. The summed E-state index contributed by atoms with van der Waals surface area (Å²) in [5.74, 6) is 0.860. The van der Waals surface area contributed by atoms with Crippen molar-refractivity contribution in [2.75, 3.05) is 24.5 Å². The van der Waals surface area contributed by atoms with E-state index >= 15 is 0 Å². The van der Waals surface area contributed by atoms with E-state index in [1.165, 1.54) is 0 Å². The molecule has 0 saturated carbocycles. The Labute approximate surface area is 170 Å². The number of carbonyl (C=O) groups is 1. The molecule has 4 rings (SSSR count). The maximum atomic E-state index is 12.4. The molecular formula is C23H23N3O3. The van der Waals surface area contributed by atoms with E-state index in [1.807, 2.05) is 66.7 Å². The first-order chi connectivity index (χ1) is 14.3. The molecule has 2 aromatic carbocycles. The van der Waals surface area contributed by atoms with Crippen molar-refractivity contribution in [1.29, 1.82) is 0 Å². The van der Waals surface area contributed by atoms with Gasteiger partial charge < -0.3 is 19.7 Å². The van der Waals surface area contributed by atoms with Crippen molar-refractivity contribution in [3.8, 4) is 11.8 Å². The van der Waals surface area contributed by atoms with Gasteiger partial charge in [0.25, 0.3) is 0 Å². The molecule has 0 atom stereocenters.